The third-order valence-corrected chi connectivity index (χ3v) is 3.52. The quantitative estimate of drug-likeness (QED) is 0.620. The van der Waals surface area contributed by atoms with Crippen molar-refractivity contribution < 1.29 is 18.6 Å². The van der Waals surface area contributed by atoms with Crippen molar-refractivity contribution in [2.24, 2.45) is 4.99 Å². The first-order valence-corrected chi connectivity index (χ1v) is 5.59. The number of hydrogen-bond donors (Lipinski definition) is 0. The summed E-state index contributed by atoms with van der Waals surface area (Å²) in [5, 5.41) is 0. The van der Waals surface area contributed by atoms with Gasteiger partial charge in [0.25, 0.3) is 17.8 Å². The van der Waals surface area contributed by atoms with E-state index in [1.165, 1.54) is 11.9 Å². The molecule has 3 heterocycles. The Kier molecular flexibility index (Phi) is 1.93. The number of aliphatic imine (C=N–C) groups is 1. The number of oxazole rings is 1. The van der Waals surface area contributed by atoms with Crippen LogP contribution in [0.2, 0.25) is 0 Å². The SMILES string of the molecule is Cc1oc2[n+](c1C)C1C(=O)N(C)C(=O)N(C)C1=N2. The number of imide groups is 1. The van der Waals surface area contributed by atoms with Crippen LogP contribution < -0.4 is 4.57 Å². The molecule has 3 rings (SSSR count). The molecule has 3 amide bonds. The lowest BCUT2D eigenvalue weighted by molar-refractivity contribution is -0.685. The molecule has 1 aromatic rings. The number of fused-ring (bicyclic) bond motifs is 3. The van der Waals surface area contributed by atoms with E-state index in [2.05, 4.69) is 4.99 Å². The monoisotopic (exact) mass is 249 g/mol. The molecule has 0 spiro atoms. The molecule has 18 heavy (non-hydrogen) atoms. The minimum absolute atomic E-state index is 0.287. The van der Waals surface area contributed by atoms with E-state index >= 15 is 0 Å². The summed E-state index contributed by atoms with van der Waals surface area (Å²) in [5.41, 5.74) is 0.846. The van der Waals surface area contributed by atoms with Gasteiger partial charge in [-0.1, -0.05) is 0 Å². The molecule has 0 radical (unpaired) electrons. The van der Waals surface area contributed by atoms with Gasteiger partial charge < -0.3 is 4.42 Å². The van der Waals surface area contributed by atoms with E-state index in [9.17, 15) is 9.59 Å². The largest absolute Gasteiger partial charge is 0.507 e. The molecule has 94 valence electrons. The van der Waals surface area contributed by atoms with Crippen LogP contribution >= 0.6 is 0 Å². The fourth-order valence-electron chi connectivity index (χ4n) is 2.31. The summed E-state index contributed by atoms with van der Waals surface area (Å²) in [7, 11) is 3.07. The van der Waals surface area contributed by atoms with Crippen LogP contribution in [0.1, 0.15) is 17.5 Å². The molecule has 1 saturated heterocycles. The van der Waals surface area contributed by atoms with Gasteiger partial charge in [-0.2, -0.15) is 4.57 Å². The molecule has 0 aromatic carbocycles. The van der Waals surface area contributed by atoms with E-state index in [-0.39, 0.29) is 11.9 Å². The number of nitrogens with zero attached hydrogens (tertiary/aromatic N) is 4. The molecule has 0 aliphatic carbocycles. The topological polar surface area (TPSA) is 70.0 Å². The lowest BCUT2D eigenvalue weighted by atomic mass is 10.1. The molecule has 2 aliphatic rings. The summed E-state index contributed by atoms with van der Waals surface area (Å²) in [6.45, 7) is 3.69. The van der Waals surface area contributed by atoms with Crippen LogP contribution in [0.15, 0.2) is 9.41 Å². The molecule has 0 N–H and O–H groups in total. The maximum absolute atomic E-state index is 12.2. The first kappa shape index (κ1) is 10.9. The normalized spacial score (nSPS) is 22.2. The Morgan fingerprint density at radius 1 is 1.22 bits per heavy atom. The standard InChI is InChI=1S/C11H13N4O3/c1-5-6(2)18-10-12-8-7(15(5)10)9(16)14(4)11(17)13(8)3/h7H,1-4H3/q+1. The number of rotatable bonds is 0. The molecule has 1 atom stereocenters. The third-order valence-electron chi connectivity index (χ3n) is 3.52. The highest BCUT2D eigenvalue weighted by Gasteiger charge is 2.54. The minimum atomic E-state index is -0.592. The number of carbonyl (C=O) groups excluding carboxylic acids is 2. The Hall–Kier alpha value is -2.18. The summed E-state index contributed by atoms with van der Waals surface area (Å²) in [4.78, 5) is 30.8. The third kappa shape index (κ3) is 1.08. The Morgan fingerprint density at radius 2 is 1.89 bits per heavy atom. The Morgan fingerprint density at radius 3 is 2.56 bits per heavy atom. The molecule has 1 fully saturated rings. The Labute approximate surface area is 103 Å². The second-order valence-corrected chi connectivity index (χ2v) is 4.51. The average Bonchev–Trinajstić information content (AvgIpc) is 2.83. The number of hydrogen-bond acceptors (Lipinski definition) is 4. The number of amidine groups is 1. The van der Waals surface area contributed by atoms with Crippen LogP contribution in [0, 0.1) is 13.8 Å². The van der Waals surface area contributed by atoms with E-state index in [0.717, 1.165) is 16.4 Å². The first-order chi connectivity index (χ1) is 8.43. The summed E-state index contributed by atoms with van der Waals surface area (Å²) < 4.78 is 7.21. The zero-order valence-electron chi connectivity index (χ0n) is 10.6. The zero-order chi connectivity index (χ0) is 13.2. The van der Waals surface area contributed by atoms with Gasteiger partial charge in [0.05, 0.1) is 0 Å². The zero-order valence-corrected chi connectivity index (χ0v) is 10.6. The molecule has 0 bridgehead atoms. The number of aromatic nitrogens is 1. The van der Waals surface area contributed by atoms with Crippen LogP contribution in [-0.2, 0) is 4.79 Å². The lowest BCUT2D eigenvalue weighted by Gasteiger charge is -2.29. The number of likely N-dealkylation sites (N-methyl/N-ethyl adjacent to an activating group) is 2. The van der Waals surface area contributed by atoms with Crippen molar-refractivity contribution in [1.82, 2.24) is 9.80 Å². The second-order valence-electron chi connectivity index (χ2n) is 4.51. The highest BCUT2D eigenvalue weighted by atomic mass is 16.4. The van der Waals surface area contributed by atoms with Crippen molar-refractivity contribution in [3.63, 3.8) is 0 Å². The molecular formula is C11H13N4O3+. The maximum Gasteiger partial charge on any atom is 0.507 e. The van der Waals surface area contributed by atoms with Crippen molar-refractivity contribution in [2.45, 2.75) is 19.9 Å². The van der Waals surface area contributed by atoms with Crippen molar-refractivity contribution in [1.29, 1.82) is 0 Å². The number of carbonyl (C=O) groups is 2. The summed E-state index contributed by atoms with van der Waals surface area (Å²) >= 11 is 0. The predicted molar refractivity (Wildman–Crippen MR) is 60.4 cm³/mol. The molecule has 1 aromatic heterocycles. The Balaban J connectivity index is 2.20. The van der Waals surface area contributed by atoms with Gasteiger partial charge in [0.2, 0.25) is 0 Å². The molecule has 1 unspecified atom stereocenters. The number of amides is 3. The van der Waals surface area contributed by atoms with Crippen molar-refractivity contribution in [2.75, 3.05) is 14.1 Å². The van der Waals surface area contributed by atoms with Crippen molar-refractivity contribution >= 4 is 23.8 Å². The molecule has 0 saturated carbocycles. The fraction of sp³-hybridized carbons (Fsp3) is 0.455. The van der Waals surface area contributed by atoms with Gasteiger partial charge >= 0.3 is 12.0 Å². The summed E-state index contributed by atoms with van der Waals surface area (Å²) in [6.07, 6.45) is 0. The second kappa shape index (κ2) is 3.18. The fourth-order valence-corrected chi connectivity index (χ4v) is 2.31. The first-order valence-electron chi connectivity index (χ1n) is 5.59. The van der Waals surface area contributed by atoms with Crippen molar-refractivity contribution in [3.05, 3.63) is 11.5 Å². The van der Waals surface area contributed by atoms with Gasteiger partial charge in [-0.15, -0.1) is 0 Å². The van der Waals surface area contributed by atoms with Gasteiger partial charge in [0, 0.05) is 26.0 Å². The van der Waals surface area contributed by atoms with Crippen LogP contribution in [0.25, 0.3) is 0 Å². The molecule has 7 heteroatoms. The van der Waals surface area contributed by atoms with Gasteiger partial charge in [-0.05, 0) is 6.92 Å². The van der Waals surface area contributed by atoms with Gasteiger partial charge in [0.1, 0.15) is 5.69 Å². The molecular weight excluding hydrogens is 236 g/mol. The van der Waals surface area contributed by atoms with Crippen LogP contribution in [0.5, 0.6) is 0 Å². The van der Waals surface area contributed by atoms with E-state index in [1.807, 2.05) is 13.8 Å². The molecule has 2 aliphatic heterocycles. The van der Waals surface area contributed by atoms with E-state index in [1.54, 1.807) is 11.6 Å². The number of aryl methyl sites for hydroxylation is 1. The van der Waals surface area contributed by atoms with Crippen molar-refractivity contribution in [3.8, 4) is 0 Å². The van der Waals surface area contributed by atoms with Crippen LogP contribution in [-0.4, -0.2) is 41.7 Å². The van der Waals surface area contributed by atoms with Crippen LogP contribution in [0.3, 0.4) is 0 Å². The number of urea groups is 1. The highest BCUT2D eigenvalue weighted by molar-refractivity contribution is 6.18. The summed E-state index contributed by atoms with van der Waals surface area (Å²) in [6, 6.07) is -0.603. The van der Waals surface area contributed by atoms with E-state index < -0.39 is 6.04 Å². The minimum Gasteiger partial charge on any atom is -0.389 e. The molecule has 7 nitrogen and oxygen atoms in total. The smallest absolute Gasteiger partial charge is 0.389 e. The maximum atomic E-state index is 12.2. The van der Waals surface area contributed by atoms with Gasteiger partial charge in [-0.3, -0.25) is 14.6 Å². The van der Waals surface area contributed by atoms with Crippen LogP contribution in [0.4, 0.5) is 10.8 Å². The van der Waals surface area contributed by atoms with E-state index in [0.29, 0.717) is 11.9 Å². The van der Waals surface area contributed by atoms with E-state index in [4.69, 9.17) is 4.42 Å². The average molecular weight is 249 g/mol. The Bertz CT molecular complexity index is 616. The highest BCUT2D eigenvalue weighted by Crippen LogP contribution is 2.29. The summed E-state index contributed by atoms with van der Waals surface area (Å²) in [5.74, 6) is 0.859. The van der Waals surface area contributed by atoms with Gasteiger partial charge in [-0.25, -0.2) is 4.79 Å². The predicted octanol–water partition coefficient (Wildman–Crippen LogP) is 0.292. The van der Waals surface area contributed by atoms with Gasteiger partial charge in [0.15, 0.2) is 5.76 Å². The lowest BCUT2D eigenvalue weighted by Crippen LogP contribution is -2.62.